The van der Waals surface area contributed by atoms with Gasteiger partial charge in [0.25, 0.3) is 5.69 Å². The summed E-state index contributed by atoms with van der Waals surface area (Å²) in [6.45, 7) is 2.42. The van der Waals surface area contributed by atoms with Crippen LogP contribution < -0.4 is 5.32 Å². The molecule has 0 amide bonds. The topological polar surface area (TPSA) is 107 Å². The molecule has 2 aromatic heterocycles. The quantitative estimate of drug-likeness (QED) is 0.153. The minimum absolute atomic E-state index is 0.0162. The molecule has 0 spiro atoms. The number of aromatic nitrogens is 2. The van der Waals surface area contributed by atoms with Gasteiger partial charge >= 0.3 is 5.97 Å². The van der Waals surface area contributed by atoms with Crippen LogP contribution >= 0.6 is 11.3 Å². The first-order valence-corrected chi connectivity index (χ1v) is 11.0. The number of nitrogens with one attached hydrogen (secondary N) is 1. The number of rotatable bonds is 8. The standard InChI is InChI=1S/C23H20N4O4S/c1-2-3-10-31-23(28)16-7-4-8-17(11-16)26-21-20-19(13-32-22(20)25-14-24-21)15-6-5-9-18(12-15)27(29)30/h4-9,11-14H,2-3,10H2,1H3,(H,24,25,26). The van der Waals surface area contributed by atoms with E-state index in [2.05, 4.69) is 15.3 Å². The average molecular weight is 449 g/mol. The number of carbonyl (C=O) groups is 1. The zero-order valence-corrected chi connectivity index (χ0v) is 18.1. The van der Waals surface area contributed by atoms with E-state index in [-0.39, 0.29) is 11.7 Å². The van der Waals surface area contributed by atoms with E-state index in [4.69, 9.17) is 4.74 Å². The molecule has 0 aliphatic heterocycles. The van der Waals surface area contributed by atoms with E-state index in [9.17, 15) is 14.9 Å². The molecule has 0 saturated heterocycles. The normalized spacial score (nSPS) is 10.8. The molecule has 1 N–H and O–H groups in total. The number of fused-ring (bicyclic) bond motifs is 1. The van der Waals surface area contributed by atoms with Crippen molar-refractivity contribution in [3.8, 4) is 11.1 Å². The van der Waals surface area contributed by atoms with E-state index in [1.807, 2.05) is 24.4 Å². The highest BCUT2D eigenvalue weighted by molar-refractivity contribution is 7.17. The van der Waals surface area contributed by atoms with Crippen LogP contribution in [0.15, 0.2) is 60.2 Å². The number of esters is 1. The number of hydrogen-bond acceptors (Lipinski definition) is 8. The van der Waals surface area contributed by atoms with Crippen molar-refractivity contribution in [3.05, 3.63) is 75.9 Å². The van der Waals surface area contributed by atoms with Gasteiger partial charge in [0.15, 0.2) is 0 Å². The van der Waals surface area contributed by atoms with E-state index in [0.29, 0.717) is 29.2 Å². The largest absolute Gasteiger partial charge is 0.462 e. The fourth-order valence-corrected chi connectivity index (χ4v) is 4.14. The van der Waals surface area contributed by atoms with Crippen LogP contribution in [0, 0.1) is 10.1 Å². The highest BCUT2D eigenvalue weighted by Crippen LogP contribution is 2.38. The molecule has 0 aliphatic rings. The first-order valence-electron chi connectivity index (χ1n) is 10.1. The minimum atomic E-state index is -0.418. The van der Waals surface area contributed by atoms with Crippen molar-refractivity contribution in [1.29, 1.82) is 0 Å². The number of ether oxygens (including phenoxy) is 1. The van der Waals surface area contributed by atoms with Crippen molar-refractivity contribution in [2.24, 2.45) is 0 Å². The van der Waals surface area contributed by atoms with E-state index in [1.54, 1.807) is 24.3 Å². The molecular formula is C23H20N4O4S. The van der Waals surface area contributed by atoms with Gasteiger partial charge < -0.3 is 10.1 Å². The summed E-state index contributed by atoms with van der Waals surface area (Å²) >= 11 is 1.43. The van der Waals surface area contributed by atoms with Crippen LogP contribution in [-0.2, 0) is 4.74 Å². The lowest BCUT2D eigenvalue weighted by Gasteiger charge is -2.10. The molecule has 9 heteroatoms. The zero-order chi connectivity index (χ0) is 22.5. The second-order valence-electron chi connectivity index (χ2n) is 7.05. The number of anilines is 2. The van der Waals surface area contributed by atoms with Gasteiger partial charge in [-0.15, -0.1) is 11.3 Å². The first-order chi connectivity index (χ1) is 15.6. The summed E-state index contributed by atoms with van der Waals surface area (Å²) in [6, 6.07) is 13.5. The molecule has 0 aliphatic carbocycles. The lowest BCUT2D eigenvalue weighted by molar-refractivity contribution is -0.384. The van der Waals surface area contributed by atoms with Gasteiger partial charge in [-0.05, 0) is 30.2 Å². The summed E-state index contributed by atoms with van der Waals surface area (Å²) in [6.07, 6.45) is 3.23. The second kappa shape index (κ2) is 9.52. The van der Waals surface area contributed by atoms with Crippen LogP contribution in [0.1, 0.15) is 30.1 Å². The molecular weight excluding hydrogens is 428 g/mol. The molecule has 0 bridgehead atoms. The lowest BCUT2D eigenvalue weighted by Crippen LogP contribution is -2.06. The predicted octanol–water partition coefficient (Wildman–Crippen LogP) is 5.97. The molecule has 2 heterocycles. The molecule has 4 aromatic rings. The Hall–Kier alpha value is -3.85. The van der Waals surface area contributed by atoms with Crippen LogP contribution in [-0.4, -0.2) is 27.5 Å². The fraction of sp³-hybridized carbons (Fsp3) is 0.174. The molecule has 0 saturated carbocycles. The van der Waals surface area contributed by atoms with E-state index in [1.165, 1.54) is 29.8 Å². The van der Waals surface area contributed by atoms with Gasteiger partial charge in [-0.2, -0.15) is 0 Å². The molecule has 0 atom stereocenters. The number of nitro groups is 1. The maximum absolute atomic E-state index is 12.3. The van der Waals surface area contributed by atoms with Crippen LogP contribution in [0.25, 0.3) is 21.3 Å². The Morgan fingerprint density at radius 3 is 2.84 bits per heavy atom. The van der Waals surface area contributed by atoms with Crippen molar-refractivity contribution in [1.82, 2.24) is 9.97 Å². The fourth-order valence-electron chi connectivity index (χ4n) is 3.22. The van der Waals surface area contributed by atoms with Gasteiger partial charge in [-0.25, -0.2) is 14.8 Å². The van der Waals surface area contributed by atoms with Crippen LogP contribution in [0.5, 0.6) is 0 Å². The van der Waals surface area contributed by atoms with Gasteiger partial charge in [0.2, 0.25) is 0 Å². The number of nitro benzene ring substituents is 1. The van der Waals surface area contributed by atoms with Crippen molar-refractivity contribution < 1.29 is 14.5 Å². The summed E-state index contributed by atoms with van der Waals surface area (Å²) in [5, 5.41) is 17.1. The Balaban J connectivity index is 1.67. The van der Waals surface area contributed by atoms with E-state index >= 15 is 0 Å². The molecule has 4 rings (SSSR count). The average Bonchev–Trinajstić information content (AvgIpc) is 3.25. The van der Waals surface area contributed by atoms with Gasteiger partial charge in [-0.3, -0.25) is 10.1 Å². The smallest absolute Gasteiger partial charge is 0.338 e. The van der Waals surface area contributed by atoms with E-state index < -0.39 is 4.92 Å². The van der Waals surface area contributed by atoms with Gasteiger partial charge in [0.05, 0.1) is 22.5 Å². The number of nitrogens with zero attached hydrogens (tertiary/aromatic N) is 3. The third-order valence-electron chi connectivity index (χ3n) is 4.83. The number of benzene rings is 2. The number of non-ortho nitro benzene ring substituents is 1. The minimum Gasteiger partial charge on any atom is -0.462 e. The Kier molecular flexibility index (Phi) is 6.37. The Morgan fingerprint density at radius 1 is 1.19 bits per heavy atom. The zero-order valence-electron chi connectivity index (χ0n) is 17.3. The summed E-state index contributed by atoms with van der Waals surface area (Å²) in [5.74, 6) is 0.178. The van der Waals surface area contributed by atoms with Crippen molar-refractivity contribution in [2.45, 2.75) is 19.8 Å². The van der Waals surface area contributed by atoms with E-state index in [0.717, 1.165) is 28.6 Å². The SMILES string of the molecule is CCCCOC(=O)c1cccc(Nc2ncnc3scc(-c4cccc([N+](=O)[O-])c4)c23)c1. The van der Waals surface area contributed by atoms with Crippen molar-refractivity contribution >= 4 is 44.7 Å². The molecule has 8 nitrogen and oxygen atoms in total. The van der Waals surface area contributed by atoms with Crippen molar-refractivity contribution in [2.75, 3.05) is 11.9 Å². The number of thiophene rings is 1. The Morgan fingerprint density at radius 2 is 2.03 bits per heavy atom. The summed E-state index contributed by atoms with van der Waals surface area (Å²) in [4.78, 5) is 32.5. The van der Waals surface area contributed by atoms with Crippen LogP contribution in [0.2, 0.25) is 0 Å². The van der Waals surface area contributed by atoms with Gasteiger partial charge in [-0.1, -0.05) is 31.5 Å². The molecule has 0 unspecified atom stereocenters. The lowest BCUT2D eigenvalue weighted by atomic mass is 10.1. The summed E-state index contributed by atoms with van der Waals surface area (Å²) < 4.78 is 5.29. The number of hydrogen-bond donors (Lipinski definition) is 1. The van der Waals surface area contributed by atoms with Crippen LogP contribution in [0.4, 0.5) is 17.2 Å². The Labute approximate surface area is 188 Å². The van der Waals surface area contributed by atoms with Crippen LogP contribution in [0.3, 0.4) is 0 Å². The molecule has 2 aromatic carbocycles. The Bertz CT molecular complexity index is 1290. The highest BCUT2D eigenvalue weighted by Gasteiger charge is 2.16. The maximum Gasteiger partial charge on any atom is 0.338 e. The number of unbranched alkanes of at least 4 members (excludes halogenated alkanes) is 1. The monoisotopic (exact) mass is 448 g/mol. The molecule has 162 valence electrons. The highest BCUT2D eigenvalue weighted by atomic mass is 32.1. The second-order valence-corrected chi connectivity index (χ2v) is 7.91. The number of carbonyl (C=O) groups excluding carboxylic acids is 1. The third-order valence-corrected chi connectivity index (χ3v) is 5.72. The first kappa shape index (κ1) is 21.4. The van der Waals surface area contributed by atoms with Gasteiger partial charge in [0, 0.05) is 28.8 Å². The molecule has 32 heavy (non-hydrogen) atoms. The summed E-state index contributed by atoms with van der Waals surface area (Å²) in [7, 11) is 0. The molecule has 0 fully saturated rings. The van der Waals surface area contributed by atoms with Gasteiger partial charge in [0.1, 0.15) is 17.0 Å². The molecule has 0 radical (unpaired) electrons. The third kappa shape index (κ3) is 4.57. The summed E-state index contributed by atoms with van der Waals surface area (Å²) in [5.41, 5.74) is 2.64. The van der Waals surface area contributed by atoms with Crippen molar-refractivity contribution in [3.63, 3.8) is 0 Å². The predicted molar refractivity (Wildman–Crippen MR) is 124 cm³/mol. The maximum atomic E-state index is 12.3.